The molecular formula is C11H14N4O2S2. The summed E-state index contributed by atoms with van der Waals surface area (Å²) in [6.45, 7) is 0.131. The molecule has 8 heteroatoms. The second-order valence-electron chi connectivity index (χ2n) is 4.11. The Bertz CT molecular complexity index is 719. The summed E-state index contributed by atoms with van der Waals surface area (Å²) in [6, 6.07) is 8.89. The highest BCUT2D eigenvalue weighted by atomic mass is 32.2. The normalized spacial score (nSPS) is 11.5. The van der Waals surface area contributed by atoms with Gasteiger partial charge in [-0.15, -0.1) is 0 Å². The molecule has 0 aliphatic heterocycles. The Morgan fingerprint density at radius 2 is 2.00 bits per heavy atom. The molecule has 1 N–H and O–H groups in total. The van der Waals surface area contributed by atoms with Crippen LogP contribution in [-0.4, -0.2) is 29.4 Å². The molecule has 0 atom stereocenters. The van der Waals surface area contributed by atoms with Crippen LogP contribution in [0, 0.1) is 4.77 Å². The summed E-state index contributed by atoms with van der Waals surface area (Å²) < 4.78 is 27.2. The van der Waals surface area contributed by atoms with Gasteiger partial charge in [-0.2, -0.15) is 5.10 Å². The van der Waals surface area contributed by atoms with Gasteiger partial charge in [-0.3, -0.25) is 9.40 Å². The smallest absolute Gasteiger partial charge is 0.232 e. The van der Waals surface area contributed by atoms with Crippen LogP contribution in [0.5, 0.6) is 0 Å². The van der Waals surface area contributed by atoms with Crippen LogP contribution in [0.25, 0.3) is 0 Å². The molecule has 6 nitrogen and oxygen atoms in total. The van der Waals surface area contributed by atoms with Crippen molar-refractivity contribution in [1.29, 1.82) is 0 Å². The summed E-state index contributed by atoms with van der Waals surface area (Å²) in [6.07, 6.45) is 1.17. The first-order valence-electron chi connectivity index (χ1n) is 5.52. The van der Waals surface area contributed by atoms with Gasteiger partial charge in [0.1, 0.15) is 0 Å². The first kappa shape index (κ1) is 13.8. The fraction of sp³-hybridized carbons (Fsp3) is 0.273. The minimum atomic E-state index is -3.39. The summed E-state index contributed by atoms with van der Waals surface area (Å²) in [5.74, 6) is 0.555. The van der Waals surface area contributed by atoms with Crippen LogP contribution in [0.2, 0.25) is 0 Å². The SMILES string of the molecule is Cn1c(CN(c2ccccc2)S(C)(=O)=O)n[nH]c1=S. The van der Waals surface area contributed by atoms with E-state index in [0.717, 1.165) is 0 Å². The van der Waals surface area contributed by atoms with Crippen molar-refractivity contribution in [3.63, 3.8) is 0 Å². The van der Waals surface area contributed by atoms with Crippen molar-refractivity contribution in [2.75, 3.05) is 10.6 Å². The molecule has 2 aromatic rings. The van der Waals surface area contributed by atoms with Gasteiger partial charge in [0, 0.05) is 7.05 Å². The van der Waals surface area contributed by atoms with Gasteiger partial charge < -0.3 is 4.57 Å². The Morgan fingerprint density at radius 3 is 2.47 bits per heavy atom. The van der Waals surface area contributed by atoms with Gasteiger partial charge in [0.15, 0.2) is 10.6 Å². The lowest BCUT2D eigenvalue weighted by Crippen LogP contribution is -2.30. The van der Waals surface area contributed by atoms with Gasteiger partial charge in [-0.1, -0.05) is 18.2 Å². The molecule has 0 bridgehead atoms. The Balaban J connectivity index is 2.41. The fourth-order valence-electron chi connectivity index (χ4n) is 1.64. The molecule has 102 valence electrons. The zero-order chi connectivity index (χ0) is 14.0. The fourth-order valence-corrected chi connectivity index (χ4v) is 2.65. The molecule has 1 heterocycles. The van der Waals surface area contributed by atoms with E-state index in [2.05, 4.69) is 10.2 Å². The van der Waals surface area contributed by atoms with Crippen LogP contribution in [0.3, 0.4) is 0 Å². The molecule has 0 aliphatic rings. The maximum Gasteiger partial charge on any atom is 0.232 e. The average molecular weight is 298 g/mol. The number of sulfonamides is 1. The zero-order valence-corrected chi connectivity index (χ0v) is 12.2. The number of anilines is 1. The third-order valence-corrected chi connectivity index (χ3v) is 4.21. The van der Waals surface area contributed by atoms with Crippen LogP contribution in [0.15, 0.2) is 30.3 Å². The molecule has 0 amide bonds. The number of nitrogens with one attached hydrogen (secondary N) is 1. The summed E-state index contributed by atoms with van der Waals surface area (Å²) in [4.78, 5) is 0. The van der Waals surface area contributed by atoms with Crippen molar-refractivity contribution in [3.05, 3.63) is 40.9 Å². The first-order valence-corrected chi connectivity index (χ1v) is 7.78. The number of rotatable bonds is 4. The highest BCUT2D eigenvalue weighted by molar-refractivity contribution is 7.92. The maximum absolute atomic E-state index is 11.9. The summed E-state index contributed by atoms with van der Waals surface area (Å²) in [5, 5.41) is 6.67. The van der Waals surface area contributed by atoms with Crippen molar-refractivity contribution in [2.45, 2.75) is 6.54 Å². The van der Waals surface area contributed by atoms with Crippen LogP contribution in [-0.2, 0) is 23.6 Å². The number of hydrogen-bond donors (Lipinski definition) is 1. The standard InChI is InChI=1S/C11H14N4O2S2/c1-14-10(12-13-11(14)18)8-15(19(2,16)17)9-6-4-3-5-7-9/h3-7H,8H2,1-2H3,(H,13,18). The molecule has 0 aliphatic carbocycles. The number of aromatic amines is 1. The van der Waals surface area contributed by atoms with Crippen LogP contribution >= 0.6 is 12.2 Å². The number of H-pyrrole nitrogens is 1. The molecule has 1 aromatic carbocycles. The van der Waals surface area contributed by atoms with E-state index < -0.39 is 10.0 Å². The maximum atomic E-state index is 11.9. The van der Waals surface area contributed by atoms with E-state index in [9.17, 15) is 8.42 Å². The summed E-state index contributed by atoms with van der Waals surface area (Å²) >= 11 is 5.01. The van der Waals surface area contributed by atoms with E-state index in [0.29, 0.717) is 16.3 Å². The van der Waals surface area contributed by atoms with Crippen molar-refractivity contribution < 1.29 is 8.42 Å². The highest BCUT2D eigenvalue weighted by Gasteiger charge is 2.19. The molecule has 0 unspecified atom stereocenters. The molecule has 0 saturated heterocycles. The van der Waals surface area contributed by atoms with E-state index in [1.807, 2.05) is 6.07 Å². The predicted octanol–water partition coefficient (Wildman–Crippen LogP) is 1.44. The van der Waals surface area contributed by atoms with E-state index in [1.165, 1.54) is 10.6 Å². The van der Waals surface area contributed by atoms with Crippen molar-refractivity contribution in [1.82, 2.24) is 14.8 Å². The van der Waals surface area contributed by atoms with Gasteiger partial charge in [-0.05, 0) is 24.4 Å². The van der Waals surface area contributed by atoms with Crippen molar-refractivity contribution in [2.24, 2.45) is 7.05 Å². The lowest BCUT2D eigenvalue weighted by Gasteiger charge is -2.21. The largest absolute Gasteiger partial charge is 0.306 e. The number of para-hydroxylation sites is 1. The van der Waals surface area contributed by atoms with Crippen molar-refractivity contribution >= 4 is 27.9 Å². The van der Waals surface area contributed by atoms with E-state index in [-0.39, 0.29) is 6.54 Å². The monoisotopic (exact) mass is 298 g/mol. The van der Waals surface area contributed by atoms with E-state index in [4.69, 9.17) is 12.2 Å². The number of benzene rings is 1. The van der Waals surface area contributed by atoms with E-state index >= 15 is 0 Å². The Kier molecular flexibility index (Phi) is 3.72. The molecule has 0 fully saturated rings. The predicted molar refractivity (Wildman–Crippen MR) is 75.9 cm³/mol. The van der Waals surface area contributed by atoms with Crippen LogP contribution in [0.1, 0.15) is 5.82 Å². The van der Waals surface area contributed by atoms with Gasteiger partial charge in [0.25, 0.3) is 0 Å². The van der Waals surface area contributed by atoms with Crippen LogP contribution in [0.4, 0.5) is 5.69 Å². The highest BCUT2D eigenvalue weighted by Crippen LogP contribution is 2.19. The Labute approximate surface area is 116 Å². The molecular weight excluding hydrogens is 284 g/mol. The summed E-state index contributed by atoms with van der Waals surface area (Å²) in [7, 11) is -1.65. The molecule has 0 spiro atoms. The Hall–Kier alpha value is -1.67. The number of nitrogens with zero attached hydrogens (tertiary/aromatic N) is 3. The van der Waals surface area contributed by atoms with Crippen molar-refractivity contribution in [3.8, 4) is 0 Å². The van der Waals surface area contributed by atoms with Gasteiger partial charge in [0.05, 0.1) is 18.5 Å². The van der Waals surface area contributed by atoms with Gasteiger partial charge in [-0.25, -0.2) is 8.42 Å². The molecule has 19 heavy (non-hydrogen) atoms. The molecule has 0 radical (unpaired) electrons. The summed E-state index contributed by atoms with van der Waals surface area (Å²) in [5.41, 5.74) is 0.596. The second kappa shape index (κ2) is 5.14. The van der Waals surface area contributed by atoms with Gasteiger partial charge in [0.2, 0.25) is 10.0 Å². The quantitative estimate of drug-likeness (QED) is 0.867. The first-order chi connectivity index (χ1) is 8.89. The van der Waals surface area contributed by atoms with Crippen LogP contribution < -0.4 is 4.31 Å². The topological polar surface area (TPSA) is 71.0 Å². The lowest BCUT2D eigenvalue weighted by molar-refractivity contribution is 0.594. The zero-order valence-electron chi connectivity index (χ0n) is 10.6. The lowest BCUT2D eigenvalue weighted by atomic mass is 10.3. The average Bonchev–Trinajstić information content (AvgIpc) is 2.67. The van der Waals surface area contributed by atoms with Gasteiger partial charge >= 0.3 is 0 Å². The van der Waals surface area contributed by atoms with E-state index in [1.54, 1.807) is 35.9 Å². The second-order valence-corrected chi connectivity index (χ2v) is 6.40. The molecule has 2 rings (SSSR count). The minimum absolute atomic E-state index is 0.131. The minimum Gasteiger partial charge on any atom is -0.306 e. The molecule has 1 aromatic heterocycles. The molecule has 0 saturated carbocycles. The number of aromatic nitrogens is 3. The third-order valence-electron chi connectivity index (χ3n) is 2.70. The Morgan fingerprint density at radius 1 is 1.37 bits per heavy atom. The number of hydrogen-bond acceptors (Lipinski definition) is 4. The third kappa shape index (κ3) is 3.02.